The molecule has 0 aliphatic heterocycles. The highest BCUT2D eigenvalue weighted by Gasteiger charge is 2.05. The van der Waals surface area contributed by atoms with Gasteiger partial charge in [-0.15, -0.1) is 0 Å². The highest BCUT2D eigenvalue weighted by atomic mass is 16.1. The fraction of sp³-hybridized carbons (Fsp3) is 0.286. The molecule has 124 valence electrons. The van der Waals surface area contributed by atoms with Gasteiger partial charge in [-0.05, 0) is 48.4 Å². The predicted molar refractivity (Wildman–Crippen MR) is 100 cm³/mol. The molecule has 2 aromatic carbocycles. The number of H-pyrrole nitrogens is 1. The van der Waals surface area contributed by atoms with Gasteiger partial charge in [0.15, 0.2) is 0 Å². The molecule has 0 amide bonds. The second kappa shape index (κ2) is 7.93. The van der Waals surface area contributed by atoms with Crippen molar-refractivity contribution in [2.45, 2.75) is 32.7 Å². The van der Waals surface area contributed by atoms with Crippen LogP contribution in [0.2, 0.25) is 0 Å². The van der Waals surface area contributed by atoms with E-state index in [0.29, 0.717) is 6.54 Å². The highest BCUT2D eigenvalue weighted by molar-refractivity contribution is 5.82. The van der Waals surface area contributed by atoms with Crippen LogP contribution in [0.3, 0.4) is 0 Å². The van der Waals surface area contributed by atoms with Gasteiger partial charge in [-0.1, -0.05) is 55.5 Å². The van der Waals surface area contributed by atoms with E-state index < -0.39 is 0 Å². The second-order valence-corrected chi connectivity index (χ2v) is 6.12. The Bertz CT molecular complexity index is 853. The van der Waals surface area contributed by atoms with E-state index in [9.17, 15) is 4.79 Å². The van der Waals surface area contributed by atoms with Gasteiger partial charge in [0, 0.05) is 12.1 Å². The molecule has 3 rings (SSSR count). The van der Waals surface area contributed by atoms with Crippen molar-refractivity contribution >= 4 is 10.9 Å². The van der Waals surface area contributed by atoms with Gasteiger partial charge in [0.1, 0.15) is 0 Å². The van der Waals surface area contributed by atoms with Crippen LogP contribution in [0.25, 0.3) is 10.9 Å². The molecule has 24 heavy (non-hydrogen) atoms. The lowest BCUT2D eigenvalue weighted by Gasteiger charge is -2.08. The molecule has 0 bridgehead atoms. The summed E-state index contributed by atoms with van der Waals surface area (Å²) in [6.07, 6.45) is 3.04. The van der Waals surface area contributed by atoms with Gasteiger partial charge in [-0.2, -0.15) is 0 Å². The van der Waals surface area contributed by atoms with E-state index in [2.05, 4.69) is 59.7 Å². The maximum absolute atomic E-state index is 12.3. The largest absolute Gasteiger partial charge is 0.321 e. The second-order valence-electron chi connectivity index (χ2n) is 6.12. The molecular weight excluding hydrogens is 296 g/mol. The fourth-order valence-electron chi connectivity index (χ4n) is 3.05. The minimum absolute atomic E-state index is 0.0129. The molecule has 0 atom stereocenters. The number of aromatic nitrogens is 1. The number of aryl methyl sites for hydroxylation is 2. The summed E-state index contributed by atoms with van der Waals surface area (Å²) < 4.78 is 0. The number of fused-ring (bicyclic) bond motifs is 1. The lowest BCUT2D eigenvalue weighted by molar-refractivity contribution is 0.646. The van der Waals surface area contributed by atoms with E-state index in [-0.39, 0.29) is 5.56 Å². The third kappa shape index (κ3) is 3.92. The van der Waals surface area contributed by atoms with Crippen molar-refractivity contribution in [1.82, 2.24) is 10.3 Å². The number of para-hydroxylation sites is 1. The Morgan fingerprint density at radius 2 is 1.83 bits per heavy atom. The Kier molecular flexibility index (Phi) is 5.44. The zero-order valence-corrected chi connectivity index (χ0v) is 14.1. The van der Waals surface area contributed by atoms with E-state index in [0.717, 1.165) is 42.3 Å². The molecule has 3 heteroatoms. The van der Waals surface area contributed by atoms with E-state index in [4.69, 9.17) is 0 Å². The quantitative estimate of drug-likeness (QED) is 0.650. The van der Waals surface area contributed by atoms with Crippen LogP contribution in [0.15, 0.2) is 59.4 Å². The zero-order valence-electron chi connectivity index (χ0n) is 14.1. The van der Waals surface area contributed by atoms with Crippen LogP contribution >= 0.6 is 0 Å². The van der Waals surface area contributed by atoms with Crippen LogP contribution in [-0.4, -0.2) is 11.5 Å². The van der Waals surface area contributed by atoms with Crippen molar-refractivity contribution in [3.8, 4) is 0 Å². The first-order valence-corrected chi connectivity index (χ1v) is 8.66. The first-order valence-electron chi connectivity index (χ1n) is 8.66. The van der Waals surface area contributed by atoms with Crippen LogP contribution < -0.4 is 10.9 Å². The summed E-state index contributed by atoms with van der Waals surface area (Å²) in [6.45, 7) is 3.62. The Morgan fingerprint density at radius 1 is 1.00 bits per heavy atom. The maximum atomic E-state index is 12.3. The summed E-state index contributed by atoms with van der Waals surface area (Å²) in [6, 6.07) is 18.7. The lowest BCUT2D eigenvalue weighted by Crippen LogP contribution is -2.22. The number of pyridine rings is 1. The molecule has 0 spiro atoms. The Balaban J connectivity index is 1.59. The van der Waals surface area contributed by atoms with E-state index in [1.165, 1.54) is 11.1 Å². The third-order valence-corrected chi connectivity index (χ3v) is 4.40. The third-order valence-electron chi connectivity index (χ3n) is 4.40. The molecule has 2 N–H and O–H groups in total. The first-order chi connectivity index (χ1) is 11.8. The van der Waals surface area contributed by atoms with Crippen molar-refractivity contribution in [2.75, 3.05) is 6.54 Å². The summed E-state index contributed by atoms with van der Waals surface area (Å²) >= 11 is 0. The molecule has 0 radical (unpaired) electrons. The van der Waals surface area contributed by atoms with Crippen molar-refractivity contribution in [3.63, 3.8) is 0 Å². The molecule has 0 saturated heterocycles. The van der Waals surface area contributed by atoms with Crippen LogP contribution in [0.5, 0.6) is 0 Å². The standard InChI is InChI=1S/C21H24N2O/c1-2-17-11-6-12-18-14-19(21(24)23-20(17)18)15-22-13-7-10-16-8-4-3-5-9-16/h3-6,8-9,11-12,14,22H,2,7,10,13,15H2,1H3,(H,23,24). The van der Waals surface area contributed by atoms with Crippen LogP contribution in [0, 0.1) is 0 Å². The Labute approximate surface area is 142 Å². The Morgan fingerprint density at radius 3 is 2.62 bits per heavy atom. The van der Waals surface area contributed by atoms with Gasteiger partial charge in [-0.3, -0.25) is 4.79 Å². The van der Waals surface area contributed by atoms with Crippen LogP contribution in [0.4, 0.5) is 0 Å². The van der Waals surface area contributed by atoms with Gasteiger partial charge < -0.3 is 10.3 Å². The van der Waals surface area contributed by atoms with E-state index >= 15 is 0 Å². The molecule has 0 saturated carbocycles. The number of aromatic amines is 1. The molecule has 0 unspecified atom stereocenters. The average molecular weight is 320 g/mol. The summed E-state index contributed by atoms with van der Waals surface area (Å²) in [5.41, 5.74) is 4.33. The van der Waals surface area contributed by atoms with Gasteiger partial charge in [0.05, 0.1) is 5.52 Å². The predicted octanol–water partition coefficient (Wildman–Crippen LogP) is 3.81. The molecular formula is C21H24N2O. The molecule has 3 aromatic rings. The normalized spacial score (nSPS) is 11.0. The summed E-state index contributed by atoms with van der Waals surface area (Å²) in [7, 11) is 0. The first kappa shape index (κ1) is 16.5. The summed E-state index contributed by atoms with van der Waals surface area (Å²) in [5.74, 6) is 0. The number of benzene rings is 2. The van der Waals surface area contributed by atoms with E-state index in [1.54, 1.807) is 0 Å². The topological polar surface area (TPSA) is 44.9 Å². The molecule has 3 nitrogen and oxygen atoms in total. The number of hydrogen-bond acceptors (Lipinski definition) is 2. The van der Waals surface area contributed by atoms with Crippen molar-refractivity contribution in [1.29, 1.82) is 0 Å². The monoisotopic (exact) mass is 320 g/mol. The number of nitrogens with one attached hydrogen (secondary N) is 2. The zero-order chi connectivity index (χ0) is 16.8. The van der Waals surface area contributed by atoms with Gasteiger partial charge in [0.2, 0.25) is 0 Å². The SMILES string of the molecule is CCc1cccc2cc(CNCCCc3ccccc3)c(=O)[nH]c12. The van der Waals surface area contributed by atoms with Crippen molar-refractivity contribution < 1.29 is 0 Å². The molecule has 0 aliphatic rings. The lowest BCUT2D eigenvalue weighted by atomic mass is 10.1. The molecule has 1 heterocycles. The van der Waals surface area contributed by atoms with Crippen molar-refractivity contribution in [3.05, 3.63) is 81.6 Å². The average Bonchev–Trinajstić information content (AvgIpc) is 2.62. The smallest absolute Gasteiger partial charge is 0.252 e. The van der Waals surface area contributed by atoms with Gasteiger partial charge >= 0.3 is 0 Å². The fourth-order valence-corrected chi connectivity index (χ4v) is 3.05. The molecule has 0 fully saturated rings. The van der Waals surface area contributed by atoms with Gasteiger partial charge in [0.25, 0.3) is 5.56 Å². The van der Waals surface area contributed by atoms with Gasteiger partial charge in [-0.25, -0.2) is 0 Å². The van der Waals surface area contributed by atoms with E-state index in [1.807, 2.05) is 12.1 Å². The molecule has 0 aliphatic carbocycles. The molecule has 1 aromatic heterocycles. The minimum Gasteiger partial charge on any atom is -0.321 e. The maximum Gasteiger partial charge on any atom is 0.252 e. The highest BCUT2D eigenvalue weighted by Crippen LogP contribution is 2.16. The minimum atomic E-state index is 0.0129. The summed E-state index contributed by atoms with van der Waals surface area (Å²) in [4.78, 5) is 15.3. The number of hydrogen-bond donors (Lipinski definition) is 2. The summed E-state index contributed by atoms with van der Waals surface area (Å²) in [5, 5.41) is 4.49. The number of rotatable bonds is 7. The Hall–Kier alpha value is -2.39. The van der Waals surface area contributed by atoms with Crippen molar-refractivity contribution in [2.24, 2.45) is 0 Å². The van der Waals surface area contributed by atoms with Crippen LogP contribution in [0.1, 0.15) is 30.0 Å². The van der Waals surface area contributed by atoms with Crippen LogP contribution in [-0.2, 0) is 19.4 Å².